The third-order valence-electron chi connectivity index (χ3n) is 3.20. The number of aromatic hydroxyl groups is 1. The van der Waals surface area contributed by atoms with Crippen LogP contribution in [0.5, 0.6) is 5.75 Å². The summed E-state index contributed by atoms with van der Waals surface area (Å²) in [4.78, 5) is 0. The van der Waals surface area contributed by atoms with E-state index in [0.717, 1.165) is 19.4 Å². The van der Waals surface area contributed by atoms with Gasteiger partial charge in [0.1, 0.15) is 5.75 Å². The van der Waals surface area contributed by atoms with Crippen molar-refractivity contribution in [3.05, 3.63) is 24.3 Å². The molecule has 1 unspecified atom stereocenters. The van der Waals surface area contributed by atoms with Crippen molar-refractivity contribution in [2.45, 2.75) is 18.9 Å². The Hall–Kier alpha value is -1.27. The van der Waals surface area contributed by atoms with Crippen LogP contribution < -0.4 is 9.62 Å². The summed E-state index contributed by atoms with van der Waals surface area (Å²) in [7, 11) is -1.78. The highest BCUT2D eigenvalue weighted by Crippen LogP contribution is 2.21. The van der Waals surface area contributed by atoms with Crippen LogP contribution in [0.2, 0.25) is 0 Å². The highest BCUT2D eigenvalue weighted by atomic mass is 32.2. The molecule has 0 aromatic heterocycles. The van der Waals surface area contributed by atoms with Crippen LogP contribution in [0.25, 0.3) is 0 Å². The first-order valence-electron chi connectivity index (χ1n) is 5.98. The number of phenols is 1. The van der Waals surface area contributed by atoms with Crippen molar-refractivity contribution in [2.75, 3.05) is 23.7 Å². The van der Waals surface area contributed by atoms with E-state index in [2.05, 4.69) is 5.32 Å². The van der Waals surface area contributed by atoms with E-state index in [-0.39, 0.29) is 17.5 Å². The largest absolute Gasteiger partial charge is 0.508 e. The molecule has 5 nitrogen and oxygen atoms in total. The van der Waals surface area contributed by atoms with Gasteiger partial charge in [-0.3, -0.25) is 4.31 Å². The smallest absolute Gasteiger partial charge is 0.236 e. The number of hydrogen-bond donors (Lipinski definition) is 2. The van der Waals surface area contributed by atoms with Gasteiger partial charge < -0.3 is 10.4 Å². The van der Waals surface area contributed by atoms with Crippen molar-refractivity contribution in [3.63, 3.8) is 0 Å². The molecule has 0 amide bonds. The predicted octanol–water partition coefficient (Wildman–Crippen LogP) is 0.910. The molecular formula is C12H18N2O3S. The van der Waals surface area contributed by atoms with Crippen molar-refractivity contribution in [2.24, 2.45) is 0 Å². The molecule has 1 aromatic rings. The van der Waals surface area contributed by atoms with Crippen LogP contribution in [0.15, 0.2) is 24.3 Å². The summed E-state index contributed by atoms with van der Waals surface area (Å²) in [5.74, 6) is 0.242. The van der Waals surface area contributed by atoms with Crippen LogP contribution in [0.4, 0.5) is 5.69 Å². The van der Waals surface area contributed by atoms with Gasteiger partial charge in [-0.1, -0.05) is 0 Å². The molecule has 1 aliphatic rings. The lowest BCUT2D eigenvalue weighted by molar-refractivity contribution is 0.475. The molecule has 18 heavy (non-hydrogen) atoms. The molecule has 0 spiro atoms. The Bertz CT molecular complexity index is 493. The molecular weight excluding hydrogens is 252 g/mol. The molecule has 100 valence electrons. The third-order valence-corrected chi connectivity index (χ3v) is 5.07. The molecule has 2 rings (SSSR count). The second-order valence-corrected chi connectivity index (χ2v) is 6.60. The number of nitrogens with zero attached hydrogens (tertiary/aromatic N) is 1. The number of hydrogen-bond acceptors (Lipinski definition) is 4. The van der Waals surface area contributed by atoms with Gasteiger partial charge in [0, 0.05) is 13.1 Å². The van der Waals surface area contributed by atoms with E-state index in [4.69, 9.17) is 0 Å². The third kappa shape index (κ3) is 2.94. The summed E-state index contributed by atoms with van der Waals surface area (Å²) in [5, 5.41) is 12.4. The summed E-state index contributed by atoms with van der Waals surface area (Å²) in [5.41, 5.74) is 0.561. The topological polar surface area (TPSA) is 69.6 Å². The van der Waals surface area contributed by atoms with Gasteiger partial charge in [-0.05, 0) is 43.7 Å². The fraction of sp³-hybridized carbons (Fsp3) is 0.500. The molecule has 1 aliphatic heterocycles. The minimum atomic E-state index is -3.32. The summed E-state index contributed by atoms with van der Waals surface area (Å²) >= 11 is 0. The minimum absolute atomic E-state index is 0.0505. The number of benzene rings is 1. The molecule has 0 radical (unpaired) electrons. The van der Waals surface area contributed by atoms with Crippen molar-refractivity contribution < 1.29 is 13.5 Å². The van der Waals surface area contributed by atoms with Gasteiger partial charge in [0.25, 0.3) is 0 Å². The Balaban J connectivity index is 2.11. The van der Waals surface area contributed by atoms with Gasteiger partial charge in [0.05, 0.1) is 11.4 Å². The number of nitrogens with one attached hydrogen (secondary N) is 1. The quantitative estimate of drug-likeness (QED) is 0.853. The van der Waals surface area contributed by atoms with Crippen LogP contribution in [-0.2, 0) is 10.0 Å². The highest BCUT2D eigenvalue weighted by Gasteiger charge is 2.25. The molecule has 1 saturated heterocycles. The Morgan fingerprint density at radius 3 is 2.61 bits per heavy atom. The lowest BCUT2D eigenvalue weighted by Gasteiger charge is -2.21. The van der Waals surface area contributed by atoms with Crippen LogP contribution >= 0.6 is 0 Å². The van der Waals surface area contributed by atoms with Crippen molar-refractivity contribution >= 4 is 15.7 Å². The predicted molar refractivity (Wildman–Crippen MR) is 71.3 cm³/mol. The van der Waals surface area contributed by atoms with Crippen LogP contribution in [0.1, 0.15) is 12.8 Å². The van der Waals surface area contributed by atoms with E-state index >= 15 is 0 Å². The Morgan fingerprint density at radius 2 is 2.06 bits per heavy atom. The molecule has 1 aromatic carbocycles. The lowest BCUT2D eigenvalue weighted by atomic mass is 10.3. The molecule has 1 atom stereocenters. The zero-order valence-corrected chi connectivity index (χ0v) is 11.2. The average molecular weight is 270 g/mol. The Labute approximate surface area is 107 Å². The fourth-order valence-electron chi connectivity index (χ4n) is 2.09. The molecule has 0 saturated carbocycles. The SMILES string of the molecule is CN(c1ccc(O)cc1)S(=O)(=O)CC1CCCN1. The maximum Gasteiger partial charge on any atom is 0.236 e. The molecule has 1 heterocycles. The maximum atomic E-state index is 12.2. The first kappa shape index (κ1) is 13.2. The van der Waals surface area contributed by atoms with E-state index in [1.165, 1.54) is 23.5 Å². The fourth-order valence-corrected chi connectivity index (χ4v) is 3.55. The van der Waals surface area contributed by atoms with Gasteiger partial charge in [-0.15, -0.1) is 0 Å². The standard InChI is InChI=1S/C12H18N2O3S/c1-14(11-4-6-12(15)7-5-11)18(16,17)9-10-3-2-8-13-10/h4-7,10,13,15H,2-3,8-9H2,1H3. The van der Waals surface area contributed by atoms with Gasteiger partial charge in [0.2, 0.25) is 10.0 Å². The molecule has 0 aliphatic carbocycles. The van der Waals surface area contributed by atoms with Gasteiger partial charge in [-0.25, -0.2) is 8.42 Å². The van der Waals surface area contributed by atoms with Crippen molar-refractivity contribution in [1.82, 2.24) is 5.32 Å². The van der Waals surface area contributed by atoms with Crippen molar-refractivity contribution in [3.8, 4) is 5.75 Å². The maximum absolute atomic E-state index is 12.2. The Morgan fingerprint density at radius 1 is 1.39 bits per heavy atom. The summed E-state index contributed by atoms with van der Waals surface area (Å²) in [6.07, 6.45) is 1.94. The summed E-state index contributed by atoms with van der Waals surface area (Å²) < 4.78 is 25.7. The van der Waals surface area contributed by atoms with E-state index in [1.807, 2.05) is 0 Å². The first-order valence-corrected chi connectivity index (χ1v) is 7.59. The van der Waals surface area contributed by atoms with E-state index < -0.39 is 10.0 Å². The number of sulfonamides is 1. The zero-order valence-electron chi connectivity index (χ0n) is 10.3. The van der Waals surface area contributed by atoms with Crippen LogP contribution in [0, 0.1) is 0 Å². The van der Waals surface area contributed by atoms with E-state index in [1.54, 1.807) is 12.1 Å². The number of phenolic OH excluding ortho intramolecular Hbond substituents is 1. The zero-order chi connectivity index (χ0) is 13.2. The van der Waals surface area contributed by atoms with Gasteiger partial charge >= 0.3 is 0 Å². The van der Waals surface area contributed by atoms with E-state index in [0.29, 0.717) is 5.69 Å². The van der Waals surface area contributed by atoms with Gasteiger partial charge in [0.15, 0.2) is 0 Å². The second kappa shape index (κ2) is 5.16. The van der Waals surface area contributed by atoms with Gasteiger partial charge in [-0.2, -0.15) is 0 Å². The highest BCUT2D eigenvalue weighted by molar-refractivity contribution is 7.92. The molecule has 0 bridgehead atoms. The summed E-state index contributed by atoms with van der Waals surface area (Å²) in [6.45, 7) is 0.892. The second-order valence-electron chi connectivity index (χ2n) is 4.56. The lowest BCUT2D eigenvalue weighted by Crippen LogP contribution is -2.37. The monoisotopic (exact) mass is 270 g/mol. The minimum Gasteiger partial charge on any atom is -0.508 e. The Kier molecular flexibility index (Phi) is 3.77. The number of rotatable bonds is 4. The first-order chi connectivity index (χ1) is 8.49. The van der Waals surface area contributed by atoms with E-state index in [9.17, 15) is 13.5 Å². The van der Waals surface area contributed by atoms with Crippen LogP contribution in [0.3, 0.4) is 0 Å². The molecule has 1 fully saturated rings. The normalized spacial score (nSPS) is 19.9. The van der Waals surface area contributed by atoms with Crippen LogP contribution in [-0.4, -0.2) is 38.9 Å². The summed E-state index contributed by atoms with van der Waals surface area (Å²) in [6, 6.07) is 6.20. The average Bonchev–Trinajstić information content (AvgIpc) is 2.81. The number of anilines is 1. The molecule has 6 heteroatoms. The van der Waals surface area contributed by atoms with Crippen molar-refractivity contribution in [1.29, 1.82) is 0 Å². The molecule has 2 N–H and O–H groups in total.